The molecule has 0 atom stereocenters. The first-order valence-corrected chi connectivity index (χ1v) is 4.41. The summed E-state index contributed by atoms with van der Waals surface area (Å²) in [7, 11) is 1.29. The van der Waals surface area contributed by atoms with E-state index in [1.165, 1.54) is 7.11 Å². The molecule has 0 amide bonds. The molecular formula is C7H5BrClF2NO. The summed E-state index contributed by atoms with van der Waals surface area (Å²) in [6, 6.07) is 0. The van der Waals surface area contributed by atoms with Gasteiger partial charge in [0.2, 0.25) is 0 Å². The number of rotatable bonds is 2. The molecule has 0 aliphatic rings. The molecule has 6 heteroatoms. The van der Waals surface area contributed by atoms with Crippen LogP contribution in [-0.2, 0) is 0 Å². The lowest BCUT2D eigenvalue weighted by atomic mass is 10.2. The van der Waals surface area contributed by atoms with Gasteiger partial charge in [-0.05, 0) is 15.9 Å². The third-order valence-electron chi connectivity index (χ3n) is 1.42. The van der Waals surface area contributed by atoms with Crippen LogP contribution in [0.25, 0.3) is 0 Å². The molecule has 72 valence electrons. The first-order valence-electron chi connectivity index (χ1n) is 3.24. The number of nitrogens with zero attached hydrogens (tertiary/aromatic N) is 1. The van der Waals surface area contributed by atoms with Gasteiger partial charge >= 0.3 is 0 Å². The number of pyridine rings is 1. The monoisotopic (exact) mass is 271 g/mol. The Morgan fingerprint density at radius 2 is 2.23 bits per heavy atom. The van der Waals surface area contributed by atoms with E-state index in [0.29, 0.717) is 0 Å². The summed E-state index contributed by atoms with van der Waals surface area (Å²) in [4.78, 5) is 3.65. The van der Waals surface area contributed by atoms with Gasteiger partial charge in [0.15, 0.2) is 0 Å². The lowest BCUT2D eigenvalue weighted by Gasteiger charge is -2.09. The highest BCUT2D eigenvalue weighted by Gasteiger charge is 2.20. The molecule has 0 fully saturated rings. The quantitative estimate of drug-likeness (QED) is 0.769. The Morgan fingerprint density at radius 3 is 2.69 bits per heavy atom. The number of alkyl halides is 2. The predicted molar refractivity (Wildman–Crippen MR) is 48.5 cm³/mol. The molecule has 0 aromatic carbocycles. The van der Waals surface area contributed by atoms with Gasteiger partial charge in [0.1, 0.15) is 10.9 Å². The molecule has 0 aliphatic heterocycles. The van der Waals surface area contributed by atoms with Crippen LogP contribution < -0.4 is 4.74 Å². The molecule has 1 aromatic heterocycles. The summed E-state index contributed by atoms with van der Waals surface area (Å²) in [6.07, 6.45) is -1.49. The van der Waals surface area contributed by atoms with Crippen LogP contribution >= 0.6 is 27.5 Å². The van der Waals surface area contributed by atoms with Gasteiger partial charge in [-0.3, -0.25) is 0 Å². The van der Waals surface area contributed by atoms with Crippen molar-refractivity contribution in [3.63, 3.8) is 0 Å². The second-order valence-electron chi connectivity index (χ2n) is 2.15. The summed E-state index contributed by atoms with van der Waals surface area (Å²) in [6.45, 7) is 0. The van der Waals surface area contributed by atoms with Crippen LogP contribution in [0.5, 0.6) is 5.75 Å². The molecule has 0 radical (unpaired) electrons. The summed E-state index contributed by atoms with van der Waals surface area (Å²) in [5.74, 6) is 0.0197. The molecule has 0 spiro atoms. The zero-order chi connectivity index (χ0) is 10.0. The van der Waals surface area contributed by atoms with Crippen molar-refractivity contribution in [2.24, 2.45) is 0 Å². The smallest absolute Gasteiger partial charge is 0.268 e. The van der Waals surface area contributed by atoms with Crippen LogP contribution in [0.4, 0.5) is 8.78 Å². The number of hydrogen-bond donors (Lipinski definition) is 0. The Labute approximate surface area is 87.0 Å². The van der Waals surface area contributed by atoms with Gasteiger partial charge in [-0.1, -0.05) is 11.6 Å². The number of methoxy groups -OCH3 is 1. The number of hydrogen-bond acceptors (Lipinski definition) is 2. The lowest BCUT2D eigenvalue weighted by Crippen LogP contribution is -1.96. The van der Waals surface area contributed by atoms with Crippen molar-refractivity contribution < 1.29 is 13.5 Å². The minimum atomic E-state index is -2.65. The van der Waals surface area contributed by atoms with Crippen LogP contribution in [0.2, 0.25) is 5.15 Å². The van der Waals surface area contributed by atoms with E-state index in [1.54, 1.807) is 0 Å². The van der Waals surface area contributed by atoms with E-state index >= 15 is 0 Å². The zero-order valence-electron chi connectivity index (χ0n) is 6.52. The highest BCUT2D eigenvalue weighted by molar-refractivity contribution is 9.10. The van der Waals surface area contributed by atoms with E-state index in [1.807, 2.05) is 0 Å². The molecule has 1 aromatic rings. The molecule has 0 saturated carbocycles. The number of halogens is 4. The maximum Gasteiger partial charge on any atom is 0.268 e. The Kier molecular flexibility index (Phi) is 3.44. The Bertz CT molecular complexity index is 322. The number of aromatic nitrogens is 1. The van der Waals surface area contributed by atoms with E-state index in [0.717, 1.165) is 6.20 Å². The fourth-order valence-electron chi connectivity index (χ4n) is 0.827. The second kappa shape index (κ2) is 4.19. The first-order chi connectivity index (χ1) is 6.07. The van der Waals surface area contributed by atoms with Gasteiger partial charge in [0.25, 0.3) is 6.43 Å². The lowest BCUT2D eigenvalue weighted by molar-refractivity contribution is 0.146. The summed E-state index contributed by atoms with van der Waals surface area (Å²) in [5.41, 5.74) is -0.275. The molecule has 0 aliphatic carbocycles. The van der Waals surface area contributed by atoms with Gasteiger partial charge in [0.05, 0.1) is 23.3 Å². The average Bonchev–Trinajstić information content (AvgIpc) is 2.08. The molecule has 13 heavy (non-hydrogen) atoms. The highest BCUT2D eigenvalue weighted by atomic mass is 79.9. The summed E-state index contributed by atoms with van der Waals surface area (Å²) < 4.78 is 29.7. The fraction of sp³-hybridized carbons (Fsp3) is 0.286. The van der Waals surface area contributed by atoms with Gasteiger partial charge < -0.3 is 4.74 Å². The Balaban J connectivity index is 3.32. The van der Waals surface area contributed by atoms with Crippen molar-refractivity contribution in [2.75, 3.05) is 7.11 Å². The van der Waals surface area contributed by atoms with Crippen molar-refractivity contribution >= 4 is 27.5 Å². The third kappa shape index (κ3) is 2.08. The predicted octanol–water partition coefficient (Wildman–Crippen LogP) is 3.44. The van der Waals surface area contributed by atoms with Crippen molar-refractivity contribution in [2.45, 2.75) is 6.43 Å². The number of ether oxygens (including phenoxy) is 1. The van der Waals surface area contributed by atoms with E-state index in [9.17, 15) is 8.78 Å². The SMILES string of the molecule is COc1cnc(Cl)c(Br)c1C(F)F. The molecule has 0 saturated heterocycles. The molecule has 1 heterocycles. The summed E-state index contributed by atoms with van der Waals surface area (Å²) in [5, 5.41) is -0.00361. The normalized spacial score (nSPS) is 10.6. The maximum absolute atomic E-state index is 12.5. The van der Waals surface area contributed by atoms with Gasteiger partial charge in [0, 0.05) is 0 Å². The van der Waals surface area contributed by atoms with Gasteiger partial charge in [-0.2, -0.15) is 0 Å². The van der Waals surface area contributed by atoms with E-state index < -0.39 is 6.43 Å². The maximum atomic E-state index is 12.5. The molecule has 0 bridgehead atoms. The molecular weight excluding hydrogens is 267 g/mol. The van der Waals surface area contributed by atoms with Gasteiger partial charge in [-0.15, -0.1) is 0 Å². The van der Waals surface area contributed by atoms with Crippen molar-refractivity contribution in [3.8, 4) is 5.75 Å². The second-order valence-corrected chi connectivity index (χ2v) is 3.30. The van der Waals surface area contributed by atoms with Gasteiger partial charge in [-0.25, -0.2) is 13.8 Å². The topological polar surface area (TPSA) is 22.1 Å². The average molecular weight is 272 g/mol. The van der Waals surface area contributed by atoms with Crippen LogP contribution in [0.3, 0.4) is 0 Å². The fourth-order valence-corrected chi connectivity index (χ4v) is 1.45. The van der Waals surface area contributed by atoms with Crippen molar-refractivity contribution in [1.82, 2.24) is 4.98 Å². The zero-order valence-corrected chi connectivity index (χ0v) is 8.86. The van der Waals surface area contributed by atoms with Crippen LogP contribution in [0, 0.1) is 0 Å². The Hall–Kier alpha value is -0.420. The largest absolute Gasteiger partial charge is 0.495 e. The molecule has 0 unspecified atom stereocenters. The van der Waals surface area contributed by atoms with Crippen molar-refractivity contribution in [3.05, 3.63) is 21.4 Å². The first kappa shape index (κ1) is 10.7. The standard InChI is InChI=1S/C7H5BrClF2NO/c1-13-3-2-12-6(9)5(8)4(3)7(10)11/h2,7H,1H3. The highest BCUT2D eigenvalue weighted by Crippen LogP contribution is 2.37. The minimum Gasteiger partial charge on any atom is -0.495 e. The summed E-state index contributed by atoms with van der Waals surface area (Å²) >= 11 is 8.46. The minimum absolute atomic E-state index is 0.00361. The van der Waals surface area contributed by atoms with Crippen LogP contribution in [0.15, 0.2) is 10.7 Å². The molecule has 1 rings (SSSR count). The molecule has 2 nitrogen and oxygen atoms in total. The van der Waals surface area contributed by atoms with Crippen LogP contribution in [-0.4, -0.2) is 12.1 Å². The van der Waals surface area contributed by atoms with E-state index in [4.69, 9.17) is 16.3 Å². The third-order valence-corrected chi connectivity index (χ3v) is 2.73. The van der Waals surface area contributed by atoms with E-state index in [2.05, 4.69) is 20.9 Å². The Morgan fingerprint density at radius 1 is 1.62 bits per heavy atom. The van der Waals surface area contributed by atoms with Crippen molar-refractivity contribution in [1.29, 1.82) is 0 Å². The molecule has 0 N–H and O–H groups in total. The van der Waals surface area contributed by atoms with Crippen LogP contribution in [0.1, 0.15) is 12.0 Å². The van der Waals surface area contributed by atoms with E-state index in [-0.39, 0.29) is 20.9 Å².